The first-order valence-corrected chi connectivity index (χ1v) is 8.15. The molecule has 3 fully saturated rings. The lowest BCUT2D eigenvalue weighted by Gasteiger charge is -2.52. The minimum atomic E-state index is 0.127. The number of aromatic hydroxyl groups is 1. The number of fused-ring (bicyclic) bond motifs is 4. The van der Waals surface area contributed by atoms with E-state index in [-0.39, 0.29) is 6.01 Å². The smallest absolute Gasteiger partial charge is 0.372 e. The van der Waals surface area contributed by atoms with E-state index >= 15 is 0 Å². The van der Waals surface area contributed by atoms with Gasteiger partial charge in [-0.3, -0.25) is 4.57 Å². The Morgan fingerprint density at radius 2 is 2.18 bits per heavy atom. The van der Waals surface area contributed by atoms with E-state index in [1.165, 1.54) is 36.9 Å². The highest BCUT2D eigenvalue weighted by Gasteiger charge is 2.42. The van der Waals surface area contributed by atoms with Crippen molar-refractivity contribution < 1.29 is 14.2 Å². The molecule has 22 heavy (non-hydrogen) atoms. The average molecular weight is 300 g/mol. The van der Waals surface area contributed by atoms with Crippen LogP contribution in [0.4, 0.5) is 0 Å². The Kier molecular flexibility index (Phi) is 3.11. The molecule has 2 aromatic rings. The van der Waals surface area contributed by atoms with Crippen molar-refractivity contribution in [1.82, 2.24) is 9.55 Å². The Morgan fingerprint density at radius 1 is 1.41 bits per heavy atom. The standard InChI is InChI=1S/C16H22BN3O2/c1-22-13-2-3-14-15(8-13)19(16(21)18-14)9-12-10-20(17)6-4-11(12)5-7-20/h2-3,8,11-12H,4-7,9-10,17H2,1H3/p+1. The van der Waals surface area contributed by atoms with Crippen LogP contribution in [0.15, 0.2) is 18.2 Å². The van der Waals surface area contributed by atoms with Crippen LogP contribution in [-0.4, -0.2) is 53.8 Å². The Hall–Kier alpha value is -1.69. The largest absolute Gasteiger partial charge is 0.497 e. The quantitative estimate of drug-likeness (QED) is 0.865. The monoisotopic (exact) mass is 300 g/mol. The molecule has 0 amide bonds. The second-order valence-electron chi connectivity index (χ2n) is 7.22. The van der Waals surface area contributed by atoms with E-state index in [4.69, 9.17) is 4.74 Å². The van der Waals surface area contributed by atoms with E-state index in [0.717, 1.165) is 29.2 Å². The van der Waals surface area contributed by atoms with Gasteiger partial charge >= 0.3 is 7.98 Å². The summed E-state index contributed by atoms with van der Waals surface area (Å²) in [6, 6.07) is 5.90. The summed E-state index contributed by atoms with van der Waals surface area (Å²) in [4.78, 5) is 4.29. The van der Waals surface area contributed by atoms with Crippen LogP contribution >= 0.6 is 0 Å². The van der Waals surface area contributed by atoms with Gasteiger partial charge in [0.1, 0.15) is 5.75 Å². The molecule has 2 bridgehead atoms. The van der Waals surface area contributed by atoms with Crippen LogP contribution in [0.25, 0.3) is 11.0 Å². The zero-order valence-corrected chi connectivity index (χ0v) is 13.3. The maximum atomic E-state index is 10.3. The van der Waals surface area contributed by atoms with Gasteiger partial charge in [-0.1, -0.05) is 0 Å². The Balaban J connectivity index is 1.68. The third kappa shape index (κ3) is 2.17. The van der Waals surface area contributed by atoms with Crippen LogP contribution in [0.1, 0.15) is 12.8 Å². The normalized spacial score (nSPS) is 30.8. The molecule has 3 aliphatic rings. The lowest BCUT2D eigenvalue weighted by molar-refractivity contribution is -0.841. The van der Waals surface area contributed by atoms with E-state index in [1.807, 2.05) is 22.8 Å². The minimum absolute atomic E-state index is 0.127. The molecule has 1 aromatic heterocycles. The maximum Gasteiger partial charge on any atom is 0.372 e. The number of methoxy groups -OCH3 is 1. The van der Waals surface area contributed by atoms with Crippen LogP contribution in [0.2, 0.25) is 0 Å². The van der Waals surface area contributed by atoms with Crippen molar-refractivity contribution in [1.29, 1.82) is 0 Å². The van der Waals surface area contributed by atoms with Crippen molar-refractivity contribution >= 4 is 19.0 Å². The molecule has 3 aliphatic heterocycles. The first kappa shape index (κ1) is 13.9. The number of rotatable bonds is 3. The Morgan fingerprint density at radius 3 is 2.86 bits per heavy atom. The molecule has 0 radical (unpaired) electrons. The number of benzene rings is 1. The molecule has 0 aliphatic carbocycles. The lowest BCUT2D eigenvalue weighted by Crippen LogP contribution is -2.60. The summed E-state index contributed by atoms with van der Waals surface area (Å²) in [7, 11) is 4.04. The van der Waals surface area contributed by atoms with Gasteiger partial charge < -0.3 is 14.2 Å². The summed E-state index contributed by atoms with van der Waals surface area (Å²) in [5, 5.41) is 10.3. The molecule has 3 saturated heterocycles. The maximum absolute atomic E-state index is 10.3. The van der Waals surface area contributed by atoms with Crippen molar-refractivity contribution in [3.8, 4) is 11.8 Å². The van der Waals surface area contributed by atoms with Crippen molar-refractivity contribution in [3.63, 3.8) is 0 Å². The van der Waals surface area contributed by atoms with E-state index in [2.05, 4.69) is 13.0 Å². The van der Waals surface area contributed by atoms with Crippen LogP contribution in [0.3, 0.4) is 0 Å². The number of imidazole rings is 1. The third-order valence-electron chi connectivity index (χ3n) is 5.77. The molecule has 0 spiro atoms. The van der Waals surface area contributed by atoms with Crippen molar-refractivity contribution in [2.24, 2.45) is 11.8 Å². The molecule has 1 N–H and O–H groups in total. The molecule has 0 saturated carbocycles. The third-order valence-corrected chi connectivity index (χ3v) is 5.77. The topological polar surface area (TPSA) is 47.3 Å². The highest BCUT2D eigenvalue weighted by atomic mass is 16.5. The molecule has 5 rings (SSSR count). The van der Waals surface area contributed by atoms with Crippen molar-refractivity contribution in [2.75, 3.05) is 26.7 Å². The van der Waals surface area contributed by atoms with E-state index in [9.17, 15) is 5.11 Å². The molecule has 116 valence electrons. The van der Waals surface area contributed by atoms with Gasteiger partial charge in [-0.2, -0.15) is 4.98 Å². The van der Waals surface area contributed by atoms with Gasteiger partial charge in [0.2, 0.25) is 0 Å². The zero-order chi connectivity index (χ0) is 15.3. The lowest BCUT2D eigenvalue weighted by atomic mass is 9.75. The fourth-order valence-electron chi connectivity index (χ4n) is 4.42. The highest BCUT2D eigenvalue weighted by Crippen LogP contribution is 2.38. The molecule has 1 unspecified atom stereocenters. The SMILES string of the molecule is B[N+]12CCC(CC1)C(Cn1c(O)nc3ccc(OC)cc31)C2. The summed E-state index contributed by atoms with van der Waals surface area (Å²) < 4.78 is 8.48. The first-order chi connectivity index (χ1) is 10.6. The predicted molar refractivity (Wildman–Crippen MR) is 87.6 cm³/mol. The Bertz CT molecular complexity index is 707. The summed E-state index contributed by atoms with van der Waals surface area (Å²) in [5.74, 6) is 2.23. The fraction of sp³-hybridized carbons (Fsp3) is 0.562. The van der Waals surface area contributed by atoms with Gasteiger partial charge in [0, 0.05) is 18.5 Å². The van der Waals surface area contributed by atoms with E-state index in [1.54, 1.807) is 7.11 Å². The van der Waals surface area contributed by atoms with Crippen molar-refractivity contribution in [3.05, 3.63) is 18.2 Å². The second kappa shape index (κ2) is 4.91. The summed E-state index contributed by atoms with van der Waals surface area (Å²) in [6.45, 7) is 4.69. The Labute approximate surface area is 131 Å². The fourth-order valence-corrected chi connectivity index (χ4v) is 4.42. The van der Waals surface area contributed by atoms with Crippen LogP contribution in [0, 0.1) is 11.8 Å². The summed E-state index contributed by atoms with van der Waals surface area (Å²) in [6.07, 6.45) is 2.63. The average Bonchev–Trinajstić information content (AvgIpc) is 2.83. The van der Waals surface area contributed by atoms with Gasteiger partial charge in [0.25, 0.3) is 6.01 Å². The second-order valence-corrected chi connectivity index (χ2v) is 7.22. The van der Waals surface area contributed by atoms with Gasteiger partial charge in [-0.15, -0.1) is 0 Å². The number of piperidine rings is 3. The van der Waals surface area contributed by atoms with Crippen LogP contribution < -0.4 is 4.74 Å². The minimum Gasteiger partial charge on any atom is -0.497 e. The number of nitrogens with zero attached hydrogens (tertiary/aromatic N) is 3. The molecule has 4 heterocycles. The zero-order valence-electron chi connectivity index (χ0n) is 13.3. The first-order valence-electron chi connectivity index (χ1n) is 8.15. The van der Waals surface area contributed by atoms with Gasteiger partial charge in [0.15, 0.2) is 0 Å². The van der Waals surface area contributed by atoms with Crippen molar-refractivity contribution in [2.45, 2.75) is 19.4 Å². The van der Waals surface area contributed by atoms with Crippen LogP contribution in [0.5, 0.6) is 11.8 Å². The molecule has 6 heteroatoms. The number of hydrogen-bond donors (Lipinski definition) is 1. The molecule has 1 atom stereocenters. The summed E-state index contributed by atoms with van der Waals surface area (Å²) in [5.41, 5.74) is 1.80. The number of quaternary nitrogens is 1. The van der Waals surface area contributed by atoms with Gasteiger partial charge in [-0.25, -0.2) is 0 Å². The molecule has 5 nitrogen and oxygen atoms in total. The highest BCUT2D eigenvalue weighted by molar-refractivity contribution is 5.97. The van der Waals surface area contributed by atoms with E-state index < -0.39 is 0 Å². The van der Waals surface area contributed by atoms with Gasteiger partial charge in [-0.05, 0) is 30.9 Å². The predicted octanol–water partition coefficient (Wildman–Crippen LogP) is 1.16. The van der Waals surface area contributed by atoms with Crippen LogP contribution in [-0.2, 0) is 6.54 Å². The van der Waals surface area contributed by atoms with E-state index in [0.29, 0.717) is 5.92 Å². The molecular weight excluding hydrogens is 277 g/mol. The number of aromatic nitrogens is 2. The molecule has 1 aromatic carbocycles. The number of hydrogen-bond acceptors (Lipinski definition) is 3. The summed E-state index contributed by atoms with van der Waals surface area (Å²) >= 11 is 0. The van der Waals surface area contributed by atoms with Gasteiger partial charge in [0.05, 0.1) is 37.8 Å². The number of ether oxygens (including phenoxy) is 1. The molecular formula is C16H23BN3O2+.